The molecule has 0 saturated carbocycles. The molecule has 1 aromatic heterocycles. The highest BCUT2D eigenvalue weighted by Gasteiger charge is 2.45. The fourth-order valence-electron chi connectivity index (χ4n) is 4.54. The maximum absolute atomic E-state index is 14.3. The fraction of sp³-hybridized carbons (Fsp3) is 0.167. The molecule has 0 fully saturated rings. The molecule has 1 aliphatic rings. The average molecular weight is 826 g/mol. The van der Waals surface area contributed by atoms with Crippen LogP contribution in [0.3, 0.4) is 0 Å². The molecule has 3 aromatic carbocycles. The SMILES string of the molecule is CCOC(=O)C1=C(C(F)(F)F)N=c2s/c(=C\c3cc(Br)c(OCc4ccc(Cl)c(Cl)c4)c(Br)c3)c(=O)n2[C@H]1c1ccc(Cl)cc1. The Morgan fingerprint density at radius 1 is 1.04 bits per heavy atom. The van der Waals surface area contributed by atoms with Crippen molar-refractivity contribution in [2.75, 3.05) is 6.61 Å². The molecule has 234 valence electrons. The van der Waals surface area contributed by atoms with Crippen molar-refractivity contribution in [2.45, 2.75) is 25.7 Å². The first kappa shape index (κ1) is 33.7. The van der Waals surface area contributed by atoms with Crippen molar-refractivity contribution in [3.05, 3.63) is 126 Å². The Labute approximate surface area is 289 Å². The number of aromatic nitrogens is 1. The zero-order chi connectivity index (χ0) is 32.6. The van der Waals surface area contributed by atoms with Gasteiger partial charge >= 0.3 is 12.1 Å². The number of hydrogen-bond donors (Lipinski definition) is 0. The first-order valence-electron chi connectivity index (χ1n) is 12.9. The predicted octanol–water partition coefficient (Wildman–Crippen LogP) is 8.40. The van der Waals surface area contributed by atoms with Crippen molar-refractivity contribution >= 4 is 90.0 Å². The van der Waals surface area contributed by atoms with Gasteiger partial charge in [-0.2, -0.15) is 13.2 Å². The standard InChI is InChI=1S/C30H18Br2Cl3F3N2O4S/c1-2-43-28(42)23-24(16-4-6-17(33)7-5-16)40-27(41)22(45-29(40)39-26(23)30(36,37)38)12-15-9-18(31)25(19(32)10-15)44-13-14-3-8-20(34)21(35)11-14/h3-12,24H,2,13H2,1H3/b22-12-/t24-/m0/s1. The number of alkyl halides is 3. The molecular formula is C30H18Br2Cl3F3N2O4S. The van der Waals surface area contributed by atoms with Crippen LogP contribution in [0.25, 0.3) is 6.08 Å². The van der Waals surface area contributed by atoms with Crippen LogP contribution < -0.4 is 19.6 Å². The minimum Gasteiger partial charge on any atom is -0.487 e. The van der Waals surface area contributed by atoms with E-state index < -0.39 is 35.0 Å². The molecule has 6 nitrogen and oxygen atoms in total. The highest BCUT2D eigenvalue weighted by molar-refractivity contribution is 9.11. The molecular weight excluding hydrogens is 808 g/mol. The monoisotopic (exact) mass is 822 g/mol. The number of halogens is 8. The second kappa shape index (κ2) is 13.6. The van der Waals surface area contributed by atoms with E-state index in [1.165, 1.54) is 37.3 Å². The van der Waals surface area contributed by atoms with Gasteiger partial charge in [-0.15, -0.1) is 0 Å². The van der Waals surface area contributed by atoms with Gasteiger partial charge in [0.25, 0.3) is 5.56 Å². The van der Waals surface area contributed by atoms with Gasteiger partial charge < -0.3 is 9.47 Å². The van der Waals surface area contributed by atoms with E-state index in [0.717, 1.165) is 21.5 Å². The van der Waals surface area contributed by atoms with Gasteiger partial charge in [0.05, 0.1) is 41.7 Å². The van der Waals surface area contributed by atoms with Crippen molar-refractivity contribution in [3.63, 3.8) is 0 Å². The molecule has 1 atom stereocenters. The number of ether oxygens (including phenoxy) is 2. The summed E-state index contributed by atoms with van der Waals surface area (Å²) in [7, 11) is 0. The van der Waals surface area contributed by atoms with Gasteiger partial charge in [0, 0.05) is 5.02 Å². The number of thiazole rings is 1. The van der Waals surface area contributed by atoms with Crippen LogP contribution in [0.15, 0.2) is 84.6 Å². The van der Waals surface area contributed by atoms with Gasteiger partial charge in [-0.3, -0.25) is 9.36 Å². The smallest absolute Gasteiger partial charge is 0.434 e. The molecule has 5 rings (SSSR count). The molecule has 4 aromatic rings. The van der Waals surface area contributed by atoms with Crippen molar-refractivity contribution in [3.8, 4) is 5.75 Å². The number of nitrogens with zero attached hydrogens (tertiary/aromatic N) is 2. The van der Waals surface area contributed by atoms with Gasteiger partial charge in [-0.05, 0) is 97.9 Å². The maximum atomic E-state index is 14.3. The summed E-state index contributed by atoms with van der Waals surface area (Å²) in [6, 6.07) is 12.9. The summed E-state index contributed by atoms with van der Waals surface area (Å²) >= 11 is 25.8. The van der Waals surface area contributed by atoms with Gasteiger partial charge in [0.2, 0.25) is 0 Å². The van der Waals surface area contributed by atoms with Crippen molar-refractivity contribution in [1.82, 2.24) is 4.57 Å². The van der Waals surface area contributed by atoms with E-state index in [-0.39, 0.29) is 28.1 Å². The number of carbonyl (C=O) groups excluding carboxylic acids is 1. The van der Waals surface area contributed by atoms with Crippen LogP contribution in [-0.4, -0.2) is 23.3 Å². The van der Waals surface area contributed by atoms with E-state index in [1.807, 2.05) is 0 Å². The van der Waals surface area contributed by atoms with E-state index in [0.29, 0.717) is 35.3 Å². The average Bonchev–Trinajstić information content (AvgIpc) is 3.28. The Morgan fingerprint density at radius 2 is 1.71 bits per heavy atom. The molecule has 15 heteroatoms. The molecule has 0 spiro atoms. The zero-order valence-corrected chi connectivity index (χ0v) is 29.0. The molecule has 0 aliphatic carbocycles. The zero-order valence-electron chi connectivity index (χ0n) is 22.7. The number of esters is 1. The van der Waals surface area contributed by atoms with Crippen molar-refractivity contribution < 1.29 is 27.4 Å². The molecule has 0 bridgehead atoms. The summed E-state index contributed by atoms with van der Waals surface area (Å²) in [5, 5.41) is 1.14. The lowest BCUT2D eigenvalue weighted by Crippen LogP contribution is -2.41. The second-order valence-electron chi connectivity index (χ2n) is 9.47. The van der Waals surface area contributed by atoms with Crippen LogP contribution in [0, 0.1) is 0 Å². The van der Waals surface area contributed by atoms with Crippen LogP contribution in [0.1, 0.15) is 29.7 Å². The Hall–Kier alpha value is -2.61. The summed E-state index contributed by atoms with van der Waals surface area (Å²) in [6.07, 6.45) is -3.49. The summed E-state index contributed by atoms with van der Waals surface area (Å²) < 4.78 is 56.2. The lowest BCUT2D eigenvalue weighted by Gasteiger charge is -2.26. The first-order chi connectivity index (χ1) is 21.3. The van der Waals surface area contributed by atoms with Crippen LogP contribution in [0.5, 0.6) is 5.75 Å². The Morgan fingerprint density at radius 3 is 2.31 bits per heavy atom. The molecule has 0 N–H and O–H groups in total. The third-order valence-electron chi connectivity index (χ3n) is 6.47. The van der Waals surface area contributed by atoms with Gasteiger partial charge in [-0.25, -0.2) is 9.79 Å². The first-order valence-corrected chi connectivity index (χ1v) is 16.4. The Kier molecular flexibility index (Phi) is 10.2. The lowest BCUT2D eigenvalue weighted by atomic mass is 9.95. The largest absolute Gasteiger partial charge is 0.487 e. The van der Waals surface area contributed by atoms with E-state index in [2.05, 4.69) is 36.9 Å². The van der Waals surface area contributed by atoms with Crippen LogP contribution in [0.2, 0.25) is 15.1 Å². The Bertz CT molecular complexity index is 2010. The molecule has 0 unspecified atom stereocenters. The third-order valence-corrected chi connectivity index (χ3v) is 9.62. The van der Waals surface area contributed by atoms with Crippen LogP contribution >= 0.6 is 78.0 Å². The molecule has 1 aliphatic heterocycles. The summed E-state index contributed by atoms with van der Waals surface area (Å²) in [5.74, 6) is -0.761. The Balaban J connectivity index is 1.60. The van der Waals surface area contributed by atoms with E-state index in [1.54, 1.807) is 30.3 Å². The number of hydrogen-bond acceptors (Lipinski definition) is 6. The summed E-state index contributed by atoms with van der Waals surface area (Å²) in [5.41, 5.74) is -1.33. The van der Waals surface area contributed by atoms with E-state index in [9.17, 15) is 22.8 Å². The summed E-state index contributed by atoms with van der Waals surface area (Å²) in [6.45, 7) is 1.47. The number of carbonyl (C=O) groups is 1. The minimum atomic E-state index is -5.01. The van der Waals surface area contributed by atoms with Gasteiger partial charge in [0.15, 0.2) is 10.5 Å². The van der Waals surface area contributed by atoms with E-state index in [4.69, 9.17) is 44.3 Å². The van der Waals surface area contributed by atoms with E-state index >= 15 is 0 Å². The fourth-order valence-corrected chi connectivity index (χ4v) is 7.44. The normalized spacial score (nSPS) is 15.1. The van der Waals surface area contributed by atoms with Gasteiger partial charge in [-0.1, -0.05) is 64.3 Å². The molecule has 2 heterocycles. The second-order valence-corrected chi connectivity index (χ2v) is 13.4. The number of fused-ring (bicyclic) bond motifs is 1. The minimum absolute atomic E-state index is 0.0858. The van der Waals surface area contributed by atoms with Crippen molar-refractivity contribution in [1.29, 1.82) is 0 Å². The van der Waals surface area contributed by atoms with Crippen molar-refractivity contribution in [2.24, 2.45) is 4.99 Å². The third kappa shape index (κ3) is 7.21. The number of rotatable bonds is 7. The quantitative estimate of drug-likeness (QED) is 0.176. The van der Waals surface area contributed by atoms with Crippen LogP contribution in [-0.2, 0) is 16.1 Å². The van der Waals surface area contributed by atoms with Gasteiger partial charge in [0.1, 0.15) is 12.4 Å². The number of allylic oxidation sites excluding steroid dienone is 1. The highest BCUT2D eigenvalue weighted by Crippen LogP contribution is 2.39. The molecule has 0 radical (unpaired) electrons. The maximum Gasteiger partial charge on any atom is 0.434 e. The predicted molar refractivity (Wildman–Crippen MR) is 175 cm³/mol. The lowest BCUT2D eigenvalue weighted by molar-refractivity contribution is -0.140. The molecule has 0 amide bonds. The van der Waals surface area contributed by atoms with Crippen LogP contribution in [0.4, 0.5) is 13.2 Å². The highest BCUT2D eigenvalue weighted by atomic mass is 79.9. The number of benzene rings is 3. The molecule has 0 saturated heterocycles. The topological polar surface area (TPSA) is 69.9 Å². The summed E-state index contributed by atoms with van der Waals surface area (Å²) in [4.78, 5) is 30.4. The molecule has 45 heavy (non-hydrogen) atoms.